The fraction of sp³-hybridized carbons (Fsp3) is 0.562. The maximum Gasteiger partial charge on any atom is 0.269 e. The molecule has 0 spiro atoms. The van der Waals surface area contributed by atoms with Crippen molar-refractivity contribution in [3.8, 4) is 5.75 Å². The summed E-state index contributed by atoms with van der Waals surface area (Å²) < 4.78 is 5.46. The molecule has 2 fully saturated rings. The van der Waals surface area contributed by atoms with Crippen LogP contribution in [0.15, 0.2) is 24.3 Å². The van der Waals surface area contributed by atoms with Crippen molar-refractivity contribution in [2.75, 3.05) is 32.8 Å². The molecule has 2 heterocycles. The van der Waals surface area contributed by atoms with Crippen LogP contribution in [0.1, 0.15) is 12.8 Å². The Morgan fingerprint density at radius 2 is 1.83 bits per heavy atom. The molecule has 0 aromatic heterocycles. The summed E-state index contributed by atoms with van der Waals surface area (Å²) in [6, 6.07) is 5.79. The minimum atomic E-state index is -0.460. The van der Waals surface area contributed by atoms with Gasteiger partial charge in [0, 0.05) is 25.2 Å². The van der Waals surface area contributed by atoms with Crippen LogP contribution in [0.2, 0.25) is 0 Å². The minimum absolute atomic E-state index is 0.0105. The van der Waals surface area contributed by atoms with Crippen LogP contribution in [0.25, 0.3) is 0 Å². The molecule has 2 aliphatic heterocycles. The molecule has 1 N–H and O–H groups in total. The van der Waals surface area contributed by atoms with Crippen molar-refractivity contribution < 1.29 is 14.5 Å². The van der Waals surface area contributed by atoms with Crippen LogP contribution in [-0.2, 0) is 4.79 Å². The van der Waals surface area contributed by atoms with Crippen LogP contribution in [-0.4, -0.2) is 48.5 Å². The van der Waals surface area contributed by atoms with E-state index in [0.29, 0.717) is 17.6 Å². The molecule has 0 unspecified atom stereocenters. The monoisotopic (exact) mass is 319 g/mol. The average molecular weight is 319 g/mol. The number of nitrogens with zero attached hydrogens (tertiary/aromatic N) is 2. The number of nitrogens with one attached hydrogen (secondary N) is 1. The molecule has 3 rings (SSSR count). The summed E-state index contributed by atoms with van der Waals surface area (Å²) in [6.07, 6.45) is 2.09. The first kappa shape index (κ1) is 15.7. The molecule has 1 amide bonds. The van der Waals surface area contributed by atoms with Crippen LogP contribution >= 0.6 is 0 Å². The highest BCUT2D eigenvalue weighted by atomic mass is 16.6. The Bertz CT molecular complexity index is 561. The molecule has 0 aliphatic carbocycles. The number of hydrogen-bond donors (Lipinski definition) is 1. The molecular weight excluding hydrogens is 298 g/mol. The van der Waals surface area contributed by atoms with E-state index >= 15 is 0 Å². The fourth-order valence-corrected chi connectivity index (χ4v) is 3.37. The predicted octanol–water partition coefficient (Wildman–Crippen LogP) is 1.43. The average Bonchev–Trinajstić information content (AvgIpc) is 2.91. The van der Waals surface area contributed by atoms with E-state index in [2.05, 4.69) is 5.32 Å². The van der Waals surface area contributed by atoms with Gasteiger partial charge in [0.15, 0.2) is 6.61 Å². The lowest BCUT2D eigenvalue weighted by atomic mass is 9.92. The van der Waals surface area contributed by atoms with Gasteiger partial charge in [-0.3, -0.25) is 14.9 Å². The van der Waals surface area contributed by atoms with Gasteiger partial charge in [-0.2, -0.15) is 0 Å². The second kappa shape index (κ2) is 6.95. The maximum absolute atomic E-state index is 12.3. The van der Waals surface area contributed by atoms with Crippen molar-refractivity contribution in [1.29, 1.82) is 0 Å². The zero-order valence-electron chi connectivity index (χ0n) is 12.9. The van der Waals surface area contributed by atoms with Crippen LogP contribution < -0.4 is 10.1 Å². The largest absolute Gasteiger partial charge is 0.484 e. The number of rotatable bonds is 4. The number of carbonyl (C=O) groups excluding carboxylic acids is 1. The molecule has 23 heavy (non-hydrogen) atoms. The Hall–Kier alpha value is -2.15. The van der Waals surface area contributed by atoms with Crippen molar-refractivity contribution in [3.05, 3.63) is 34.4 Å². The molecule has 0 radical (unpaired) electrons. The quantitative estimate of drug-likeness (QED) is 0.670. The SMILES string of the molecule is O=C(COc1ccc([N+](=O)[O-])cc1)N1CC[C@@H]2CNC[C@@H]2CC1. The number of hydrogen-bond acceptors (Lipinski definition) is 5. The number of nitro groups is 1. The number of amides is 1. The predicted molar refractivity (Wildman–Crippen MR) is 84.3 cm³/mol. The Morgan fingerprint density at radius 1 is 1.22 bits per heavy atom. The van der Waals surface area contributed by atoms with Gasteiger partial charge >= 0.3 is 0 Å². The highest BCUT2D eigenvalue weighted by Crippen LogP contribution is 2.27. The smallest absolute Gasteiger partial charge is 0.269 e. The summed E-state index contributed by atoms with van der Waals surface area (Å²) in [5.74, 6) is 1.82. The topological polar surface area (TPSA) is 84.7 Å². The van der Waals surface area contributed by atoms with E-state index < -0.39 is 4.92 Å². The summed E-state index contributed by atoms with van der Waals surface area (Å²) in [5, 5.41) is 14.0. The van der Waals surface area contributed by atoms with Gasteiger partial charge in [0.25, 0.3) is 11.6 Å². The second-order valence-corrected chi connectivity index (χ2v) is 6.18. The normalized spacial score (nSPS) is 23.9. The van der Waals surface area contributed by atoms with E-state index in [1.165, 1.54) is 24.3 Å². The van der Waals surface area contributed by atoms with Gasteiger partial charge in [0.1, 0.15) is 5.75 Å². The fourth-order valence-electron chi connectivity index (χ4n) is 3.37. The third-order valence-electron chi connectivity index (χ3n) is 4.78. The van der Waals surface area contributed by atoms with Crippen molar-refractivity contribution in [2.45, 2.75) is 12.8 Å². The number of ether oxygens (including phenoxy) is 1. The number of likely N-dealkylation sites (tertiary alicyclic amines) is 1. The second-order valence-electron chi connectivity index (χ2n) is 6.18. The Kier molecular flexibility index (Phi) is 4.76. The molecule has 1 aromatic carbocycles. The summed E-state index contributed by atoms with van der Waals surface area (Å²) in [6.45, 7) is 3.67. The van der Waals surface area contributed by atoms with E-state index in [9.17, 15) is 14.9 Å². The molecular formula is C16H21N3O4. The molecule has 124 valence electrons. The number of fused-ring (bicyclic) bond motifs is 1. The van der Waals surface area contributed by atoms with Crippen LogP contribution in [0.3, 0.4) is 0 Å². The lowest BCUT2D eigenvalue weighted by Crippen LogP contribution is -2.36. The molecule has 0 bridgehead atoms. The van der Waals surface area contributed by atoms with E-state index in [-0.39, 0.29) is 18.2 Å². The molecule has 0 saturated carbocycles. The van der Waals surface area contributed by atoms with Gasteiger partial charge in [-0.05, 0) is 49.9 Å². The number of non-ortho nitro benzene ring substituents is 1. The summed E-state index contributed by atoms with van der Waals surface area (Å²) in [7, 11) is 0. The van der Waals surface area contributed by atoms with Gasteiger partial charge in [0.2, 0.25) is 0 Å². The van der Waals surface area contributed by atoms with Gasteiger partial charge in [-0.25, -0.2) is 0 Å². The van der Waals surface area contributed by atoms with E-state index in [1.807, 2.05) is 4.90 Å². The molecule has 7 heteroatoms. The Balaban J connectivity index is 1.50. The van der Waals surface area contributed by atoms with Gasteiger partial charge in [-0.15, -0.1) is 0 Å². The van der Waals surface area contributed by atoms with Gasteiger partial charge in [-0.1, -0.05) is 0 Å². The van der Waals surface area contributed by atoms with Gasteiger partial charge < -0.3 is 15.0 Å². The van der Waals surface area contributed by atoms with E-state index in [0.717, 1.165) is 39.0 Å². The van der Waals surface area contributed by atoms with Crippen molar-refractivity contribution in [1.82, 2.24) is 10.2 Å². The summed E-state index contributed by atoms with van der Waals surface area (Å²) >= 11 is 0. The molecule has 7 nitrogen and oxygen atoms in total. The summed E-state index contributed by atoms with van der Waals surface area (Å²) in [5.41, 5.74) is 0.0105. The van der Waals surface area contributed by atoms with Gasteiger partial charge in [0.05, 0.1) is 4.92 Å². The van der Waals surface area contributed by atoms with Crippen LogP contribution in [0, 0.1) is 22.0 Å². The highest BCUT2D eigenvalue weighted by molar-refractivity contribution is 5.77. The third kappa shape index (κ3) is 3.79. The maximum atomic E-state index is 12.3. The van der Waals surface area contributed by atoms with Crippen LogP contribution in [0.5, 0.6) is 5.75 Å². The number of benzene rings is 1. The first-order chi connectivity index (χ1) is 11.1. The first-order valence-corrected chi connectivity index (χ1v) is 7.99. The summed E-state index contributed by atoms with van der Waals surface area (Å²) in [4.78, 5) is 24.3. The third-order valence-corrected chi connectivity index (χ3v) is 4.78. The Labute approximate surface area is 134 Å². The molecule has 2 atom stereocenters. The molecule has 2 aliphatic rings. The number of nitro benzene ring substituents is 1. The van der Waals surface area contributed by atoms with Crippen LogP contribution in [0.4, 0.5) is 5.69 Å². The van der Waals surface area contributed by atoms with E-state index in [1.54, 1.807) is 0 Å². The lowest BCUT2D eigenvalue weighted by Gasteiger charge is -2.21. The minimum Gasteiger partial charge on any atom is -0.484 e. The van der Waals surface area contributed by atoms with Crippen molar-refractivity contribution >= 4 is 11.6 Å². The zero-order valence-corrected chi connectivity index (χ0v) is 12.9. The zero-order chi connectivity index (χ0) is 16.2. The van der Waals surface area contributed by atoms with E-state index in [4.69, 9.17) is 4.74 Å². The standard InChI is InChI=1S/C16H21N3O4/c20-16(11-23-15-3-1-14(2-4-15)19(21)22)18-7-5-12-9-17-10-13(12)6-8-18/h1-4,12-13,17H,5-11H2/t12-,13+. The highest BCUT2D eigenvalue weighted by Gasteiger charge is 2.31. The first-order valence-electron chi connectivity index (χ1n) is 7.99. The Morgan fingerprint density at radius 3 is 2.39 bits per heavy atom. The lowest BCUT2D eigenvalue weighted by molar-refractivity contribution is -0.384. The molecule has 1 aromatic rings. The molecule has 2 saturated heterocycles. The van der Waals surface area contributed by atoms with Crippen molar-refractivity contribution in [3.63, 3.8) is 0 Å². The number of carbonyl (C=O) groups is 1. The van der Waals surface area contributed by atoms with Crippen molar-refractivity contribution in [2.24, 2.45) is 11.8 Å².